The van der Waals surface area contributed by atoms with Gasteiger partial charge < -0.3 is 33.4 Å². The molecule has 2 aromatic carbocycles. The fourth-order valence-electron chi connectivity index (χ4n) is 3.51. The van der Waals surface area contributed by atoms with E-state index in [9.17, 15) is 18.8 Å². The molecule has 2 aromatic heterocycles. The number of hydrogen-bond donors (Lipinski definition) is 1. The van der Waals surface area contributed by atoms with Crippen molar-refractivity contribution < 1.29 is 46.9 Å². The summed E-state index contributed by atoms with van der Waals surface area (Å²) in [5, 5.41) is 3.68. The Kier molecular flexibility index (Phi) is 7.76. The van der Waals surface area contributed by atoms with Crippen molar-refractivity contribution in [3.8, 4) is 17.6 Å². The predicted octanol–water partition coefficient (Wildman–Crippen LogP) is 4.45. The minimum absolute atomic E-state index is 0.00190. The Balaban J connectivity index is 1.62. The molecule has 0 radical (unpaired) electrons. The van der Waals surface area contributed by atoms with Crippen molar-refractivity contribution in [1.82, 2.24) is 4.98 Å². The largest absolute Gasteiger partial charge is 0.493 e. The van der Waals surface area contributed by atoms with Crippen LogP contribution in [0.1, 0.15) is 36.0 Å². The lowest BCUT2D eigenvalue weighted by Crippen LogP contribution is -2.18. The second kappa shape index (κ2) is 11.2. The molecular weight excluding hydrogens is 523 g/mol. The number of nitrogens with zero attached hydrogens (tertiary/aromatic N) is 1. The van der Waals surface area contributed by atoms with Gasteiger partial charge in [0, 0.05) is 23.1 Å². The summed E-state index contributed by atoms with van der Waals surface area (Å²) in [6.07, 6.45) is 0.0897. The van der Waals surface area contributed by atoms with Crippen molar-refractivity contribution in [3.05, 3.63) is 63.1 Å². The summed E-state index contributed by atoms with van der Waals surface area (Å²) in [7, 11) is 5.01. The standard InChI is InChI=1S/C25H21FN2O9S/c1-32-17-8-14(26)15(27-22(29)13-11-38-21(24(31)34-3)19(13)23(30)33-2)9-18(17)36-10-12-6-5-7-16-20(12)28-25(35-4)37-16/h5-9,11H,10H2,1-4H3,(H,27,29). The Hall–Kier alpha value is -4.65. The third-order valence-electron chi connectivity index (χ3n) is 5.34. The highest BCUT2D eigenvalue weighted by molar-refractivity contribution is 7.12. The molecule has 4 aromatic rings. The van der Waals surface area contributed by atoms with E-state index in [4.69, 9.17) is 23.4 Å². The number of oxazole rings is 1. The second-order valence-electron chi connectivity index (χ2n) is 7.51. The van der Waals surface area contributed by atoms with Gasteiger partial charge in [-0.3, -0.25) is 4.79 Å². The van der Waals surface area contributed by atoms with Crippen LogP contribution in [0.3, 0.4) is 0 Å². The maximum atomic E-state index is 14.9. The zero-order chi connectivity index (χ0) is 27.4. The number of methoxy groups -OCH3 is 4. The van der Waals surface area contributed by atoms with Crippen LogP contribution in [0.4, 0.5) is 10.1 Å². The fourth-order valence-corrected chi connectivity index (χ4v) is 4.46. The van der Waals surface area contributed by atoms with E-state index < -0.39 is 23.7 Å². The number of ether oxygens (including phenoxy) is 5. The molecule has 13 heteroatoms. The zero-order valence-electron chi connectivity index (χ0n) is 20.6. The Morgan fingerprint density at radius 3 is 2.47 bits per heavy atom. The zero-order valence-corrected chi connectivity index (χ0v) is 21.4. The number of para-hydroxylation sites is 1. The van der Waals surface area contributed by atoms with Crippen molar-refractivity contribution in [3.63, 3.8) is 0 Å². The highest BCUT2D eigenvalue weighted by Crippen LogP contribution is 2.35. The lowest BCUT2D eigenvalue weighted by atomic mass is 10.1. The Bertz CT molecular complexity index is 1530. The summed E-state index contributed by atoms with van der Waals surface area (Å²) in [5.74, 6) is -3.23. The average molecular weight is 545 g/mol. The van der Waals surface area contributed by atoms with Gasteiger partial charge in [0.2, 0.25) is 0 Å². The molecule has 11 nitrogen and oxygen atoms in total. The lowest BCUT2D eigenvalue weighted by Gasteiger charge is -2.14. The smallest absolute Gasteiger partial charge is 0.394 e. The van der Waals surface area contributed by atoms with Crippen LogP contribution >= 0.6 is 11.3 Å². The number of carbonyl (C=O) groups is 3. The van der Waals surface area contributed by atoms with Crippen LogP contribution in [0.15, 0.2) is 40.1 Å². The monoisotopic (exact) mass is 544 g/mol. The highest BCUT2D eigenvalue weighted by Gasteiger charge is 2.29. The van der Waals surface area contributed by atoms with Gasteiger partial charge >= 0.3 is 18.0 Å². The summed E-state index contributed by atoms with van der Waals surface area (Å²) < 4.78 is 45.8. The van der Waals surface area contributed by atoms with Gasteiger partial charge in [0.15, 0.2) is 22.9 Å². The van der Waals surface area contributed by atoms with Crippen LogP contribution in [0.25, 0.3) is 11.1 Å². The van der Waals surface area contributed by atoms with Crippen molar-refractivity contribution in [2.24, 2.45) is 0 Å². The summed E-state index contributed by atoms with van der Waals surface area (Å²) in [4.78, 5) is 41.5. The normalized spacial score (nSPS) is 10.7. The summed E-state index contributed by atoms with van der Waals surface area (Å²) >= 11 is 0.818. The van der Waals surface area contributed by atoms with Gasteiger partial charge in [-0.15, -0.1) is 11.3 Å². The van der Waals surface area contributed by atoms with E-state index >= 15 is 0 Å². The van der Waals surface area contributed by atoms with Crippen LogP contribution in [0.2, 0.25) is 0 Å². The third-order valence-corrected chi connectivity index (χ3v) is 6.30. The van der Waals surface area contributed by atoms with E-state index in [1.165, 1.54) is 25.7 Å². The van der Waals surface area contributed by atoms with Crippen LogP contribution in [-0.4, -0.2) is 51.3 Å². The van der Waals surface area contributed by atoms with Gasteiger partial charge in [0.1, 0.15) is 17.0 Å². The summed E-state index contributed by atoms with van der Waals surface area (Å²) in [6.45, 7) is 0.00190. The summed E-state index contributed by atoms with van der Waals surface area (Å²) in [6, 6.07) is 7.52. The van der Waals surface area contributed by atoms with Gasteiger partial charge in [-0.25, -0.2) is 14.0 Å². The van der Waals surface area contributed by atoms with E-state index in [2.05, 4.69) is 15.0 Å². The summed E-state index contributed by atoms with van der Waals surface area (Å²) in [5.41, 5.74) is 0.935. The molecule has 0 spiro atoms. The first-order chi connectivity index (χ1) is 18.3. The number of hydrogen-bond acceptors (Lipinski definition) is 11. The average Bonchev–Trinajstić information content (AvgIpc) is 3.57. The van der Waals surface area contributed by atoms with E-state index in [0.29, 0.717) is 16.7 Å². The maximum Gasteiger partial charge on any atom is 0.394 e. The van der Waals surface area contributed by atoms with Gasteiger partial charge in [-0.05, 0) is 6.07 Å². The van der Waals surface area contributed by atoms with Crippen LogP contribution in [-0.2, 0) is 16.1 Å². The molecule has 0 unspecified atom stereocenters. The van der Waals surface area contributed by atoms with Crippen LogP contribution in [0, 0.1) is 5.82 Å². The van der Waals surface area contributed by atoms with Crippen molar-refractivity contribution in [1.29, 1.82) is 0 Å². The van der Waals surface area contributed by atoms with Crippen molar-refractivity contribution in [2.75, 3.05) is 33.8 Å². The topological polar surface area (TPSA) is 135 Å². The molecule has 198 valence electrons. The fraction of sp³-hybridized carbons (Fsp3) is 0.200. The van der Waals surface area contributed by atoms with Gasteiger partial charge in [0.05, 0.1) is 45.3 Å². The molecule has 1 N–H and O–H groups in total. The molecule has 1 amide bonds. The number of rotatable bonds is 9. The second-order valence-corrected chi connectivity index (χ2v) is 8.39. The highest BCUT2D eigenvalue weighted by atomic mass is 32.1. The number of esters is 2. The first-order valence-electron chi connectivity index (χ1n) is 10.8. The minimum Gasteiger partial charge on any atom is -0.493 e. The number of aromatic nitrogens is 1. The number of nitrogens with one attached hydrogen (secondary N) is 1. The number of benzene rings is 2. The maximum absolute atomic E-state index is 14.9. The number of thiophene rings is 1. The molecule has 0 aliphatic heterocycles. The molecule has 0 aliphatic carbocycles. The molecular formula is C25H21FN2O9S. The van der Waals surface area contributed by atoms with E-state index in [1.807, 2.05) is 0 Å². The molecule has 0 saturated heterocycles. The quantitative estimate of drug-likeness (QED) is 0.301. The Morgan fingerprint density at radius 2 is 1.79 bits per heavy atom. The molecule has 0 fully saturated rings. The molecule has 2 heterocycles. The van der Waals surface area contributed by atoms with Gasteiger partial charge in [-0.1, -0.05) is 12.1 Å². The number of anilines is 1. The number of halogens is 1. The third kappa shape index (κ3) is 5.09. The number of fused-ring (bicyclic) bond motifs is 1. The van der Waals surface area contributed by atoms with E-state index in [-0.39, 0.29) is 45.9 Å². The predicted molar refractivity (Wildman–Crippen MR) is 133 cm³/mol. The van der Waals surface area contributed by atoms with Gasteiger partial charge in [0.25, 0.3) is 5.91 Å². The molecule has 4 rings (SSSR count). The SMILES string of the molecule is COC(=O)c1scc(C(=O)Nc2cc(OCc3cccc4oc(OC)nc34)c(OC)cc2F)c1C(=O)OC. The molecule has 0 bridgehead atoms. The Morgan fingerprint density at radius 1 is 1.03 bits per heavy atom. The van der Waals surface area contributed by atoms with Crippen molar-refractivity contribution >= 4 is 46.0 Å². The molecule has 38 heavy (non-hydrogen) atoms. The molecule has 0 aliphatic rings. The van der Waals surface area contributed by atoms with E-state index in [0.717, 1.165) is 31.6 Å². The number of amides is 1. The van der Waals surface area contributed by atoms with Crippen LogP contribution < -0.4 is 19.5 Å². The van der Waals surface area contributed by atoms with Crippen molar-refractivity contribution in [2.45, 2.75) is 6.61 Å². The first-order valence-corrected chi connectivity index (χ1v) is 11.7. The molecule has 0 atom stereocenters. The minimum atomic E-state index is -0.922. The lowest BCUT2D eigenvalue weighted by molar-refractivity contribution is 0.0558. The van der Waals surface area contributed by atoms with E-state index in [1.54, 1.807) is 18.2 Å². The first kappa shape index (κ1) is 26.4. The Labute approximate surface area is 219 Å². The van der Waals surface area contributed by atoms with Gasteiger partial charge in [-0.2, -0.15) is 4.98 Å². The molecule has 0 saturated carbocycles. The van der Waals surface area contributed by atoms with Crippen LogP contribution in [0.5, 0.6) is 17.6 Å². The number of carbonyl (C=O) groups excluding carboxylic acids is 3.